The maximum atomic E-state index is 14.3. The van der Waals surface area contributed by atoms with Gasteiger partial charge in [0.1, 0.15) is 23.6 Å². The van der Waals surface area contributed by atoms with E-state index in [-0.39, 0.29) is 10.6 Å². The van der Waals surface area contributed by atoms with Gasteiger partial charge in [0, 0.05) is 30.4 Å². The van der Waals surface area contributed by atoms with E-state index in [2.05, 4.69) is 30.6 Å². The molecule has 0 saturated heterocycles. The van der Waals surface area contributed by atoms with Gasteiger partial charge in [0.2, 0.25) is 0 Å². The van der Waals surface area contributed by atoms with Gasteiger partial charge in [-0.25, -0.2) is 14.4 Å². The van der Waals surface area contributed by atoms with Crippen molar-refractivity contribution in [3.05, 3.63) is 71.8 Å². The molecule has 0 atom stereocenters. The highest BCUT2D eigenvalue weighted by molar-refractivity contribution is 6.31. The predicted octanol–water partition coefficient (Wildman–Crippen LogP) is 3.28. The van der Waals surface area contributed by atoms with Gasteiger partial charge >= 0.3 is 0 Å². The molecule has 6 nitrogen and oxygen atoms in total. The molecule has 2 aromatic heterocycles. The first-order chi connectivity index (χ1) is 11.2. The molecule has 0 radical (unpaired) electrons. The fourth-order valence-corrected chi connectivity index (χ4v) is 2.28. The van der Waals surface area contributed by atoms with E-state index < -0.39 is 12.0 Å². The highest BCUT2D eigenvalue weighted by Gasteiger charge is 2.20. The van der Waals surface area contributed by atoms with Crippen molar-refractivity contribution in [1.29, 1.82) is 0 Å². The average molecular weight is 331 g/mol. The summed E-state index contributed by atoms with van der Waals surface area (Å²) < 4.78 is 14.3. The number of nitrogens with zero attached hydrogens (tertiary/aromatic N) is 4. The fourth-order valence-electron chi connectivity index (χ4n) is 2.01. The number of nitrogens with one attached hydrogen (secondary N) is 2. The molecule has 0 fully saturated rings. The molecule has 0 aliphatic heterocycles. The Morgan fingerprint density at radius 1 is 0.913 bits per heavy atom. The SMILES string of the molecule is Fc1cccc(Cl)c1C(Nc1cnccn1)Nc1cnccn1. The van der Waals surface area contributed by atoms with E-state index >= 15 is 0 Å². The van der Waals surface area contributed by atoms with Crippen LogP contribution in [0.2, 0.25) is 5.02 Å². The molecule has 1 aromatic carbocycles. The fraction of sp³-hybridized carbons (Fsp3) is 0.0667. The normalized spacial score (nSPS) is 10.6. The molecule has 3 rings (SSSR count). The molecule has 2 heterocycles. The van der Waals surface area contributed by atoms with Crippen LogP contribution in [0, 0.1) is 5.82 Å². The third-order valence-corrected chi connectivity index (χ3v) is 3.33. The van der Waals surface area contributed by atoms with E-state index in [0.29, 0.717) is 11.6 Å². The first-order valence-corrected chi connectivity index (χ1v) is 7.11. The second-order valence-corrected chi connectivity index (χ2v) is 4.95. The van der Waals surface area contributed by atoms with Crippen LogP contribution in [0.15, 0.2) is 55.4 Å². The molecular formula is C15H12ClFN6. The van der Waals surface area contributed by atoms with Crippen LogP contribution in [-0.4, -0.2) is 19.9 Å². The van der Waals surface area contributed by atoms with Gasteiger partial charge in [-0.05, 0) is 12.1 Å². The van der Waals surface area contributed by atoms with Gasteiger partial charge in [0.05, 0.1) is 17.4 Å². The van der Waals surface area contributed by atoms with E-state index in [1.54, 1.807) is 24.5 Å². The van der Waals surface area contributed by atoms with Gasteiger partial charge in [0.15, 0.2) is 0 Å². The molecule has 116 valence electrons. The maximum Gasteiger partial charge on any atom is 0.146 e. The molecule has 0 aliphatic carbocycles. The molecule has 8 heteroatoms. The summed E-state index contributed by atoms with van der Waals surface area (Å²) in [6, 6.07) is 4.50. The Morgan fingerprint density at radius 2 is 1.52 bits per heavy atom. The summed E-state index contributed by atoms with van der Waals surface area (Å²) in [6.07, 6.45) is 8.52. The standard InChI is InChI=1S/C15H12ClFN6/c16-10-2-1-3-11(17)14(10)15(22-12-8-18-4-6-20-12)23-13-9-19-5-7-21-13/h1-9,15H,(H,20,22)(H,21,23). The van der Waals surface area contributed by atoms with Crippen molar-refractivity contribution in [2.75, 3.05) is 10.6 Å². The Kier molecular flexibility index (Phi) is 4.58. The molecule has 0 spiro atoms. The number of hydrogen-bond acceptors (Lipinski definition) is 6. The lowest BCUT2D eigenvalue weighted by molar-refractivity contribution is 0.601. The Labute approximate surface area is 136 Å². The molecule has 0 amide bonds. The zero-order valence-corrected chi connectivity index (χ0v) is 12.6. The van der Waals surface area contributed by atoms with Gasteiger partial charge in [-0.1, -0.05) is 17.7 Å². The van der Waals surface area contributed by atoms with E-state index in [9.17, 15) is 4.39 Å². The number of hydrogen-bond donors (Lipinski definition) is 2. The van der Waals surface area contributed by atoms with Gasteiger partial charge in [-0.2, -0.15) is 0 Å². The second-order valence-electron chi connectivity index (χ2n) is 4.54. The largest absolute Gasteiger partial charge is 0.345 e. The minimum absolute atomic E-state index is 0.255. The molecule has 0 bridgehead atoms. The first-order valence-electron chi connectivity index (χ1n) is 6.73. The summed E-state index contributed by atoms with van der Waals surface area (Å²) >= 11 is 6.16. The van der Waals surface area contributed by atoms with Crippen LogP contribution in [0.3, 0.4) is 0 Å². The second kappa shape index (κ2) is 6.97. The molecule has 0 aliphatic rings. The number of aromatic nitrogens is 4. The Hall–Kier alpha value is -2.80. The molecule has 2 N–H and O–H groups in total. The number of halogens is 2. The van der Waals surface area contributed by atoms with Crippen molar-refractivity contribution >= 4 is 23.2 Å². The van der Waals surface area contributed by atoms with Crippen molar-refractivity contribution in [3.63, 3.8) is 0 Å². The third-order valence-electron chi connectivity index (χ3n) is 3.00. The predicted molar refractivity (Wildman–Crippen MR) is 85.5 cm³/mol. The van der Waals surface area contributed by atoms with Crippen molar-refractivity contribution < 1.29 is 4.39 Å². The third kappa shape index (κ3) is 3.70. The highest BCUT2D eigenvalue weighted by Crippen LogP contribution is 2.28. The lowest BCUT2D eigenvalue weighted by Gasteiger charge is -2.22. The lowest BCUT2D eigenvalue weighted by Crippen LogP contribution is -2.22. The minimum atomic E-state index is -0.697. The van der Waals surface area contributed by atoms with Gasteiger partial charge in [0.25, 0.3) is 0 Å². The van der Waals surface area contributed by atoms with Crippen LogP contribution >= 0.6 is 11.6 Å². The van der Waals surface area contributed by atoms with Crippen molar-refractivity contribution in [1.82, 2.24) is 19.9 Å². The molecule has 0 saturated carbocycles. The van der Waals surface area contributed by atoms with Gasteiger partial charge < -0.3 is 10.6 Å². The maximum absolute atomic E-state index is 14.3. The van der Waals surface area contributed by atoms with Crippen molar-refractivity contribution in [2.24, 2.45) is 0 Å². The summed E-state index contributed by atoms with van der Waals surface area (Å²) in [7, 11) is 0. The summed E-state index contributed by atoms with van der Waals surface area (Å²) in [5.41, 5.74) is 0.255. The first kappa shape index (κ1) is 15.1. The zero-order chi connectivity index (χ0) is 16.1. The Morgan fingerprint density at radius 3 is 2.00 bits per heavy atom. The van der Waals surface area contributed by atoms with Crippen LogP contribution < -0.4 is 10.6 Å². The van der Waals surface area contributed by atoms with E-state index in [1.807, 2.05) is 0 Å². The van der Waals surface area contributed by atoms with Crippen LogP contribution in [0.25, 0.3) is 0 Å². The highest BCUT2D eigenvalue weighted by atomic mass is 35.5. The van der Waals surface area contributed by atoms with Crippen LogP contribution in [0.5, 0.6) is 0 Å². The summed E-state index contributed by atoms with van der Waals surface area (Å²) in [5.74, 6) is 0.483. The van der Waals surface area contributed by atoms with Crippen molar-refractivity contribution in [3.8, 4) is 0 Å². The molecule has 23 heavy (non-hydrogen) atoms. The summed E-state index contributed by atoms with van der Waals surface area (Å²) in [5, 5.41) is 6.38. The minimum Gasteiger partial charge on any atom is -0.345 e. The summed E-state index contributed by atoms with van der Waals surface area (Å²) in [6.45, 7) is 0. The van der Waals surface area contributed by atoms with Crippen LogP contribution in [0.1, 0.15) is 11.7 Å². The number of rotatable bonds is 5. The van der Waals surface area contributed by atoms with Crippen LogP contribution in [-0.2, 0) is 0 Å². The number of anilines is 2. The monoisotopic (exact) mass is 330 g/mol. The summed E-state index contributed by atoms with van der Waals surface area (Å²) in [4.78, 5) is 16.2. The quantitative estimate of drug-likeness (QED) is 0.699. The van der Waals surface area contributed by atoms with Gasteiger partial charge in [-0.15, -0.1) is 0 Å². The molecule has 3 aromatic rings. The smallest absolute Gasteiger partial charge is 0.146 e. The Bertz CT molecular complexity index is 710. The Balaban J connectivity index is 1.96. The molecule has 0 unspecified atom stereocenters. The average Bonchev–Trinajstić information content (AvgIpc) is 2.56. The van der Waals surface area contributed by atoms with E-state index in [4.69, 9.17) is 11.6 Å². The van der Waals surface area contributed by atoms with Crippen molar-refractivity contribution in [2.45, 2.75) is 6.17 Å². The van der Waals surface area contributed by atoms with Crippen LogP contribution in [0.4, 0.5) is 16.0 Å². The topological polar surface area (TPSA) is 75.6 Å². The van der Waals surface area contributed by atoms with E-state index in [0.717, 1.165) is 0 Å². The van der Waals surface area contributed by atoms with E-state index in [1.165, 1.54) is 30.9 Å². The lowest BCUT2D eigenvalue weighted by atomic mass is 10.1. The zero-order valence-electron chi connectivity index (χ0n) is 11.8. The van der Waals surface area contributed by atoms with Gasteiger partial charge in [-0.3, -0.25) is 9.97 Å². The number of benzene rings is 1. The molecular weight excluding hydrogens is 319 g/mol.